The molecule has 0 saturated heterocycles. The maximum atomic E-state index is 11.6. The van der Waals surface area contributed by atoms with E-state index in [2.05, 4.69) is 0 Å². The Kier molecular flexibility index (Phi) is 3.92. The standard InChI is InChI=1S/C22H20O3/c1-14(23)25-20-13-11-16-7-3-5-9-18(16)22(20)21-17-8-4-2-6-15(17)10-12-19(21)24/h3,5,7,9-13,24H,2,4,6,8H2,1H3. The summed E-state index contributed by atoms with van der Waals surface area (Å²) in [5.74, 6) is 0.381. The zero-order chi connectivity index (χ0) is 17.4. The topological polar surface area (TPSA) is 46.5 Å². The van der Waals surface area contributed by atoms with E-state index in [-0.39, 0.29) is 11.7 Å². The van der Waals surface area contributed by atoms with Crippen LogP contribution < -0.4 is 4.74 Å². The second kappa shape index (κ2) is 6.25. The monoisotopic (exact) mass is 332 g/mol. The fourth-order valence-electron chi connectivity index (χ4n) is 3.84. The summed E-state index contributed by atoms with van der Waals surface area (Å²) in [6.07, 6.45) is 4.23. The first-order valence-electron chi connectivity index (χ1n) is 8.69. The maximum Gasteiger partial charge on any atom is 0.308 e. The summed E-state index contributed by atoms with van der Waals surface area (Å²) >= 11 is 0. The molecule has 0 aliphatic heterocycles. The smallest absolute Gasteiger partial charge is 0.308 e. The average molecular weight is 332 g/mol. The number of carbonyl (C=O) groups excluding carboxylic acids is 1. The number of benzene rings is 3. The van der Waals surface area contributed by atoms with E-state index in [1.807, 2.05) is 42.5 Å². The lowest BCUT2D eigenvalue weighted by Gasteiger charge is -2.22. The molecule has 25 heavy (non-hydrogen) atoms. The number of ether oxygens (including phenoxy) is 1. The van der Waals surface area contributed by atoms with Crippen LogP contribution in [-0.4, -0.2) is 11.1 Å². The van der Waals surface area contributed by atoms with Crippen LogP contribution >= 0.6 is 0 Å². The zero-order valence-corrected chi connectivity index (χ0v) is 14.2. The van der Waals surface area contributed by atoms with E-state index >= 15 is 0 Å². The van der Waals surface area contributed by atoms with Gasteiger partial charge in [0.1, 0.15) is 11.5 Å². The van der Waals surface area contributed by atoms with Gasteiger partial charge in [0, 0.05) is 18.1 Å². The summed E-state index contributed by atoms with van der Waals surface area (Å²) < 4.78 is 5.50. The van der Waals surface area contributed by atoms with E-state index < -0.39 is 0 Å². The molecule has 0 radical (unpaired) electrons. The number of aryl methyl sites for hydroxylation is 1. The lowest BCUT2D eigenvalue weighted by molar-refractivity contribution is -0.131. The zero-order valence-electron chi connectivity index (χ0n) is 14.2. The van der Waals surface area contributed by atoms with Crippen LogP contribution in [0.4, 0.5) is 0 Å². The molecule has 0 bridgehead atoms. The number of rotatable bonds is 2. The van der Waals surface area contributed by atoms with Gasteiger partial charge in [-0.1, -0.05) is 36.4 Å². The van der Waals surface area contributed by atoms with E-state index in [0.29, 0.717) is 5.75 Å². The van der Waals surface area contributed by atoms with Gasteiger partial charge in [0.2, 0.25) is 0 Å². The first-order chi connectivity index (χ1) is 12.1. The van der Waals surface area contributed by atoms with Crippen molar-refractivity contribution in [2.75, 3.05) is 0 Å². The van der Waals surface area contributed by atoms with Crippen LogP contribution in [0.25, 0.3) is 21.9 Å². The van der Waals surface area contributed by atoms with Gasteiger partial charge < -0.3 is 9.84 Å². The fourth-order valence-corrected chi connectivity index (χ4v) is 3.84. The maximum absolute atomic E-state index is 11.6. The van der Waals surface area contributed by atoms with Gasteiger partial charge in [0.25, 0.3) is 0 Å². The summed E-state index contributed by atoms with van der Waals surface area (Å²) in [6, 6.07) is 15.5. The van der Waals surface area contributed by atoms with Crippen molar-refractivity contribution in [3.05, 3.63) is 59.7 Å². The van der Waals surface area contributed by atoms with Gasteiger partial charge in [-0.2, -0.15) is 0 Å². The van der Waals surface area contributed by atoms with Gasteiger partial charge in [-0.3, -0.25) is 4.79 Å². The number of phenolic OH excluding ortho intramolecular Hbond substituents is 1. The molecule has 126 valence electrons. The molecule has 3 aromatic carbocycles. The Hall–Kier alpha value is -2.81. The van der Waals surface area contributed by atoms with E-state index in [4.69, 9.17) is 4.74 Å². The Morgan fingerprint density at radius 1 is 0.960 bits per heavy atom. The molecule has 0 fully saturated rings. The number of esters is 1. The molecule has 0 aromatic heterocycles. The van der Waals surface area contributed by atoms with E-state index in [0.717, 1.165) is 41.2 Å². The van der Waals surface area contributed by atoms with Crippen LogP contribution in [0.5, 0.6) is 11.5 Å². The van der Waals surface area contributed by atoms with Gasteiger partial charge in [0.05, 0.1) is 0 Å². The first-order valence-corrected chi connectivity index (χ1v) is 8.69. The number of phenols is 1. The largest absolute Gasteiger partial charge is 0.507 e. The van der Waals surface area contributed by atoms with Crippen LogP contribution in [-0.2, 0) is 17.6 Å². The number of hydrogen-bond acceptors (Lipinski definition) is 3. The van der Waals surface area contributed by atoms with Crippen LogP contribution in [0.15, 0.2) is 48.5 Å². The highest BCUT2D eigenvalue weighted by atomic mass is 16.5. The third-order valence-corrected chi connectivity index (χ3v) is 4.91. The molecule has 3 nitrogen and oxygen atoms in total. The molecule has 0 spiro atoms. The third kappa shape index (κ3) is 2.76. The molecular weight excluding hydrogens is 312 g/mol. The molecule has 0 atom stereocenters. The Balaban J connectivity index is 2.08. The highest BCUT2D eigenvalue weighted by molar-refractivity contribution is 6.02. The second-order valence-electron chi connectivity index (χ2n) is 6.56. The Labute approximate surface area is 146 Å². The Morgan fingerprint density at radius 2 is 1.76 bits per heavy atom. The van der Waals surface area contributed by atoms with E-state index in [1.165, 1.54) is 24.5 Å². The molecule has 3 aromatic rings. The highest BCUT2D eigenvalue weighted by Crippen LogP contribution is 2.45. The summed E-state index contributed by atoms with van der Waals surface area (Å²) in [4.78, 5) is 11.6. The van der Waals surface area contributed by atoms with Crippen molar-refractivity contribution in [3.63, 3.8) is 0 Å². The number of fused-ring (bicyclic) bond motifs is 2. The predicted octanol–water partition coefficient (Wildman–Crippen LogP) is 5.02. The molecule has 1 N–H and O–H groups in total. The fraction of sp³-hybridized carbons (Fsp3) is 0.227. The highest BCUT2D eigenvalue weighted by Gasteiger charge is 2.22. The van der Waals surface area contributed by atoms with Crippen molar-refractivity contribution in [2.24, 2.45) is 0 Å². The number of hydrogen-bond donors (Lipinski definition) is 1. The van der Waals surface area contributed by atoms with E-state index in [1.54, 1.807) is 6.07 Å². The van der Waals surface area contributed by atoms with Crippen molar-refractivity contribution in [1.82, 2.24) is 0 Å². The van der Waals surface area contributed by atoms with Crippen molar-refractivity contribution < 1.29 is 14.6 Å². The third-order valence-electron chi connectivity index (χ3n) is 4.91. The summed E-state index contributed by atoms with van der Waals surface area (Å²) in [5, 5.41) is 12.7. The first kappa shape index (κ1) is 15.7. The average Bonchev–Trinajstić information content (AvgIpc) is 2.62. The number of aromatic hydroxyl groups is 1. The molecule has 0 unspecified atom stereocenters. The van der Waals surface area contributed by atoms with E-state index in [9.17, 15) is 9.90 Å². The quantitative estimate of drug-likeness (QED) is 0.529. The lowest BCUT2D eigenvalue weighted by Crippen LogP contribution is -2.07. The number of carbonyl (C=O) groups is 1. The van der Waals surface area contributed by atoms with Crippen LogP contribution in [0, 0.1) is 0 Å². The lowest BCUT2D eigenvalue weighted by atomic mass is 9.84. The molecule has 1 aliphatic carbocycles. The van der Waals surface area contributed by atoms with Gasteiger partial charge in [0.15, 0.2) is 0 Å². The van der Waals surface area contributed by atoms with Crippen molar-refractivity contribution >= 4 is 16.7 Å². The summed E-state index contributed by atoms with van der Waals surface area (Å²) in [5.41, 5.74) is 4.08. The van der Waals surface area contributed by atoms with Crippen molar-refractivity contribution in [1.29, 1.82) is 0 Å². The SMILES string of the molecule is CC(=O)Oc1ccc2ccccc2c1-c1c(O)ccc2c1CCCC2. The molecule has 1 aliphatic rings. The molecule has 3 heteroatoms. The molecule has 0 saturated carbocycles. The van der Waals surface area contributed by atoms with Gasteiger partial charge in [-0.15, -0.1) is 0 Å². The molecule has 4 rings (SSSR count). The summed E-state index contributed by atoms with van der Waals surface area (Å²) in [7, 11) is 0. The van der Waals surface area contributed by atoms with Crippen LogP contribution in [0.1, 0.15) is 30.9 Å². The van der Waals surface area contributed by atoms with Crippen LogP contribution in [0.3, 0.4) is 0 Å². The van der Waals surface area contributed by atoms with Crippen molar-refractivity contribution in [2.45, 2.75) is 32.6 Å². The van der Waals surface area contributed by atoms with Gasteiger partial charge in [-0.05, 0) is 59.7 Å². The minimum atomic E-state index is -0.360. The van der Waals surface area contributed by atoms with Crippen molar-refractivity contribution in [3.8, 4) is 22.6 Å². The normalized spacial score (nSPS) is 13.5. The van der Waals surface area contributed by atoms with Gasteiger partial charge >= 0.3 is 5.97 Å². The Morgan fingerprint density at radius 3 is 2.60 bits per heavy atom. The Bertz CT molecular complexity index is 972. The molecule has 0 amide bonds. The molecule has 0 heterocycles. The van der Waals surface area contributed by atoms with Crippen LogP contribution in [0.2, 0.25) is 0 Å². The minimum absolute atomic E-state index is 0.241. The minimum Gasteiger partial charge on any atom is -0.507 e. The van der Waals surface area contributed by atoms with Gasteiger partial charge in [-0.25, -0.2) is 0 Å². The summed E-state index contributed by atoms with van der Waals surface area (Å²) in [6.45, 7) is 1.40. The predicted molar refractivity (Wildman–Crippen MR) is 99.0 cm³/mol. The second-order valence-corrected chi connectivity index (χ2v) is 6.56. The molecular formula is C22H20O3.